The second kappa shape index (κ2) is 4.02. The van der Waals surface area contributed by atoms with E-state index in [0.717, 1.165) is 25.7 Å². The molecule has 1 fully saturated rings. The average Bonchev–Trinajstić information content (AvgIpc) is 2.77. The van der Waals surface area contributed by atoms with Crippen LogP contribution in [0.4, 0.5) is 5.69 Å². The summed E-state index contributed by atoms with van der Waals surface area (Å²) in [5, 5.41) is 14.5. The molecule has 0 saturated heterocycles. The lowest BCUT2D eigenvalue weighted by atomic mass is 9.71. The molecular weight excluding hydrogens is 210 g/mol. The maximum absolute atomic E-state index is 10.9. The van der Waals surface area contributed by atoms with Crippen LogP contribution in [0.2, 0.25) is 0 Å². The van der Waals surface area contributed by atoms with Gasteiger partial charge in [0.15, 0.2) is 0 Å². The van der Waals surface area contributed by atoms with Gasteiger partial charge in [-0.3, -0.25) is 0 Å². The summed E-state index contributed by atoms with van der Waals surface area (Å²) < 4.78 is 0. The van der Waals surface area contributed by atoms with E-state index in [2.05, 4.69) is 36.5 Å². The van der Waals surface area contributed by atoms with Gasteiger partial charge in [0.1, 0.15) is 0 Å². The van der Waals surface area contributed by atoms with E-state index in [-0.39, 0.29) is 6.04 Å². The van der Waals surface area contributed by atoms with Gasteiger partial charge in [0, 0.05) is 5.69 Å². The molecule has 1 aromatic rings. The molecule has 0 spiro atoms. The molecule has 2 heteroatoms. The fourth-order valence-electron chi connectivity index (χ4n) is 3.47. The molecule has 0 bridgehead atoms. The number of aliphatic hydroxyl groups is 1. The molecule has 1 heterocycles. The fourth-order valence-corrected chi connectivity index (χ4v) is 3.47. The van der Waals surface area contributed by atoms with Gasteiger partial charge in [-0.25, -0.2) is 0 Å². The summed E-state index contributed by atoms with van der Waals surface area (Å²) in [5.41, 5.74) is 2.05. The summed E-state index contributed by atoms with van der Waals surface area (Å²) in [5.74, 6) is 0.406. The lowest BCUT2D eigenvalue weighted by molar-refractivity contribution is -0.0547. The Labute approximate surface area is 103 Å². The predicted octanol–water partition coefficient (Wildman–Crippen LogP) is 2.96. The minimum atomic E-state index is -0.517. The van der Waals surface area contributed by atoms with Gasteiger partial charge >= 0.3 is 0 Å². The van der Waals surface area contributed by atoms with Gasteiger partial charge in [-0.1, -0.05) is 38.0 Å². The molecule has 17 heavy (non-hydrogen) atoms. The van der Waals surface area contributed by atoms with Crippen molar-refractivity contribution in [2.24, 2.45) is 5.92 Å². The highest BCUT2D eigenvalue weighted by Crippen LogP contribution is 2.41. The van der Waals surface area contributed by atoms with E-state index < -0.39 is 5.60 Å². The molecular formula is C15H21NO. The van der Waals surface area contributed by atoms with Crippen LogP contribution in [0.25, 0.3) is 0 Å². The van der Waals surface area contributed by atoms with Gasteiger partial charge in [-0.15, -0.1) is 0 Å². The molecule has 0 amide bonds. The van der Waals surface area contributed by atoms with Crippen LogP contribution in [0.15, 0.2) is 24.3 Å². The summed E-state index contributed by atoms with van der Waals surface area (Å²) in [6.07, 6.45) is 5.50. The quantitative estimate of drug-likeness (QED) is 0.779. The van der Waals surface area contributed by atoms with Crippen LogP contribution >= 0.6 is 0 Å². The van der Waals surface area contributed by atoms with Crippen LogP contribution in [0.5, 0.6) is 0 Å². The first-order valence-corrected chi connectivity index (χ1v) is 6.77. The molecule has 2 nitrogen and oxygen atoms in total. The first kappa shape index (κ1) is 11.1. The number of nitrogens with one attached hydrogen (secondary N) is 1. The smallest absolute Gasteiger partial charge is 0.0876 e. The number of hydrogen-bond acceptors (Lipinski definition) is 2. The topological polar surface area (TPSA) is 32.3 Å². The summed E-state index contributed by atoms with van der Waals surface area (Å²) in [4.78, 5) is 0. The van der Waals surface area contributed by atoms with Crippen molar-refractivity contribution >= 4 is 5.69 Å². The van der Waals surface area contributed by atoms with Crippen LogP contribution < -0.4 is 5.32 Å². The maximum Gasteiger partial charge on any atom is 0.0876 e. The first-order chi connectivity index (χ1) is 8.20. The second-order valence-corrected chi connectivity index (χ2v) is 5.70. The van der Waals surface area contributed by atoms with Crippen molar-refractivity contribution in [1.29, 1.82) is 0 Å². The minimum absolute atomic E-state index is 0.204. The summed E-state index contributed by atoms with van der Waals surface area (Å²) in [7, 11) is 0. The van der Waals surface area contributed by atoms with Crippen molar-refractivity contribution in [3.05, 3.63) is 29.8 Å². The molecule has 92 valence electrons. The molecule has 2 N–H and O–H groups in total. The van der Waals surface area contributed by atoms with Crippen molar-refractivity contribution in [1.82, 2.24) is 0 Å². The zero-order chi connectivity index (χ0) is 11.9. The largest absolute Gasteiger partial charge is 0.387 e. The number of benzene rings is 1. The SMILES string of the molecule is CC1CCCCC1(O)C1Cc2ccccc2N1. The molecule has 1 aromatic carbocycles. The summed E-state index contributed by atoms with van der Waals surface area (Å²) >= 11 is 0. The Hall–Kier alpha value is -1.02. The minimum Gasteiger partial charge on any atom is -0.387 e. The van der Waals surface area contributed by atoms with E-state index in [0.29, 0.717) is 5.92 Å². The highest BCUT2D eigenvalue weighted by atomic mass is 16.3. The average molecular weight is 231 g/mol. The van der Waals surface area contributed by atoms with Crippen molar-refractivity contribution in [3.63, 3.8) is 0 Å². The van der Waals surface area contributed by atoms with E-state index in [4.69, 9.17) is 0 Å². The Balaban J connectivity index is 1.83. The van der Waals surface area contributed by atoms with Crippen LogP contribution in [-0.4, -0.2) is 16.7 Å². The molecule has 0 aromatic heterocycles. The zero-order valence-corrected chi connectivity index (χ0v) is 10.4. The molecule has 2 aliphatic rings. The van der Waals surface area contributed by atoms with E-state index in [1.54, 1.807) is 0 Å². The van der Waals surface area contributed by atoms with E-state index in [9.17, 15) is 5.11 Å². The molecule has 0 radical (unpaired) electrons. The van der Waals surface area contributed by atoms with E-state index in [1.165, 1.54) is 17.7 Å². The van der Waals surface area contributed by atoms with Gasteiger partial charge < -0.3 is 10.4 Å². The number of fused-ring (bicyclic) bond motifs is 1. The summed E-state index contributed by atoms with van der Waals surface area (Å²) in [6, 6.07) is 8.63. The molecule has 3 unspecified atom stereocenters. The highest BCUT2D eigenvalue weighted by molar-refractivity contribution is 5.57. The number of para-hydroxylation sites is 1. The molecule has 1 aliphatic heterocycles. The van der Waals surface area contributed by atoms with Gasteiger partial charge in [-0.2, -0.15) is 0 Å². The third kappa shape index (κ3) is 1.75. The molecule has 3 atom stereocenters. The third-order valence-corrected chi connectivity index (χ3v) is 4.69. The molecule has 3 rings (SSSR count). The van der Waals surface area contributed by atoms with Crippen molar-refractivity contribution in [2.75, 3.05) is 5.32 Å². The lowest BCUT2D eigenvalue weighted by Crippen LogP contribution is -2.52. The van der Waals surface area contributed by atoms with E-state index >= 15 is 0 Å². The molecule has 1 aliphatic carbocycles. The number of hydrogen-bond donors (Lipinski definition) is 2. The van der Waals surface area contributed by atoms with Crippen molar-refractivity contribution in [3.8, 4) is 0 Å². The van der Waals surface area contributed by atoms with Gasteiger partial charge in [-0.05, 0) is 36.8 Å². The van der Waals surface area contributed by atoms with E-state index in [1.807, 2.05) is 0 Å². The second-order valence-electron chi connectivity index (χ2n) is 5.70. The Morgan fingerprint density at radius 2 is 2.12 bits per heavy atom. The third-order valence-electron chi connectivity index (χ3n) is 4.69. The Kier molecular flexibility index (Phi) is 2.62. The first-order valence-electron chi connectivity index (χ1n) is 6.77. The Bertz CT molecular complexity index is 392. The number of anilines is 1. The van der Waals surface area contributed by atoms with Gasteiger partial charge in [0.25, 0.3) is 0 Å². The van der Waals surface area contributed by atoms with Crippen LogP contribution in [0.1, 0.15) is 38.2 Å². The summed E-state index contributed by atoms with van der Waals surface area (Å²) in [6.45, 7) is 2.20. The maximum atomic E-state index is 10.9. The van der Waals surface area contributed by atoms with Gasteiger partial charge in [0.2, 0.25) is 0 Å². The highest BCUT2D eigenvalue weighted by Gasteiger charge is 2.45. The van der Waals surface area contributed by atoms with Crippen molar-refractivity contribution < 1.29 is 5.11 Å². The van der Waals surface area contributed by atoms with Crippen LogP contribution in [0, 0.1) is 5.92 Å². The standard InChI is InChI=1S/C15H21NO/c1-11-6-4-5-9-15(11,17)14-10-12-7-2-3-8-13(12)16-14/h2-3,7-8,11,14,16-17H,4-6,9-10H2,1H3. The monoisotopic (exact) mass is 231 g/mol. The normalized spacial score (nSPS) is 36.4. The van der Waals surface area contributed by atoms with Gasteiger partial charge in [0.05, 0.1) is 11.6 Å². The van der Waals surface area contributed by atoms with Crippen LogP contribution in [-0.2, 0) is 6.42 Å². The number of rotatable bonds is 1. The Morgan fingerprint density at radius 3 is 2.88 bits per heavy atom. The zero-order valence-electron chi connectivity index (χ0n) is 10.4. The van der Waals surface area contributed by atoms with Crippen molar-refractivity contribution in [2.45, 2.75) is 50.7 Å². The molecule has 1 saturated carbocycles. The fraction of sp³-hybridized carbons (Fsp3) is 0.600. The predicted molar refractivity (Wildman–Crippen MR) is 70.1 cm³/mol. The Morgan fingerprint density at radius 1 is 1.29 bits per heavy atom. The van der Waals surface area contributed by atoms with Crippen LogP contribution in [0.3, 0.4) is 0 Å². The lowest BCUT2D eigenvalue weighted by Gasteiger charge is -2.42.